The van der Waals surface area contributed by atoms with Crippen LogP contribution in [0.1, 0.15) is 43.3 Å². The van der Waals surface area contributed by atoms with E-state index in [0.29, 0.717) is 22.4 Å². The van der Waals surface area contributed by atoms with E-state index < -0.39 is 5.82 Å². The molecular weight excluding hydrogens is 463 g/mol. The molecule has 0 unspecified atom stereocenters. The Kier molecular flexibility index (Phi) is 7.78. The number of hydrogen-bond donors (Lipinski definition) is 1. The number of nitriles is 1. The fourth-order valence-electron chi connectivity index (χ4n) is 4.38. The van der Waals surface area contributed by atoms with Crippen LogP contribution in [0, 0.1) is 23.1 Å². The highest BCUT2D eigenvalue weighted by Crippen LogP contribution is 2.33. The maximum absolute atomic E-state index is 13.6. The number of allylic oxidation sites excluding steroid dienone is 1. The highest BCUT2D eigenvalue weighted by Gasteiger charge is 2.24. The minimum absolute atomic E-state index is 0.214. The van der Waals surface area contributed by atoms with Gasteiger partial charge in [-0.05, 0) is 69.0 Å². The van der Waals surface area contributed by atoms with Crippen LogP contribution in [0.25, 0.3) is 17.5 Å². The molecule has 0 spiro atoms. The number of nitrogens with zero attached hydrogens (tertiary/aromatic N) is 7. The van der Waals surface area contributed by atoms with Crippen LogP contribution in [0.5, 0.6) is 0 Å². The Morgan fingerprint density at radius 1 is 1.26 bits per heavy atom. The Balaban J connectivity index is 1.65. The van der Waals surface area contributed by atoms with E-state index in [2.05, 4.69) is 38.4 Å². The van der Waals surface area contributed by atoms with Crippen molar-refractivity contribution >= 4 is 28.6 Å². The summed E-state index contributed by atoms with van der Waals surface area (Å²) >= 11 is 1.23. The van der Waals surface area contributed by atoms with E-state index in [4.69, 9.17) is 4.98 Å². The lowest BCUT2D eigenvalue weighted by atomic mass is 9.94. The summed E-state index contributed by atoms with van der Waals surface area (Å²) in [5.74, 6) is 2.46. The van der Waals surface area contributed by atoms with Gasteiger partial charge in [0, 0.05) is 38.2 Å². The van der Waals surface area contributed by atoms with Crippen LogP contribution in [0.2, 0.25) is 0 Å². The van der Waals surface area contributed by atoms with E-state index in [1.54, 1.807) is 6.07 Å². The van der Waals surface area contributed by atoms with Crippen molar-refractivity contribution in [2.75, 3.05) is 44.1 Å². The van der Waals surface area contributed by atoms with Gasteiger partial charge in [-0.1, -0.05) is 13.0 Å². The van der Waals surface area contributed by atoms with Crippen molar-refractivity contribution in [3.8, 4) is 17.5 Å². The van der Waals surface area contributed by atoms with Crippen molar-refractivity contribution in [2.45, 2.75) is 32.6 Å². The highest BCUT2D eigenvalue weighted by molar-refractivity contribution is 7.10. The molecule has 1 aliphatic rings. The molecule has 10 heteroatoms. The zero-order valence-electron chi connectivity index (χ0n) is 20.6. The molecule has 184 valence electrons. The molecule has 0 aliphatic carbocycles. The predicted molar refractivity (Wildman–Crippen MR) is 139 cm³/mol. The first-order valence-electron chi connectivity index (χ1n) is 11.9. The molecule has 0 bridgehead atoms. The summed E-state index contributed by atoms with van der Waals surface area (Å²) in [6, 6.07) is 6.11. The van der Waals surface area contributed by atoms with Gasteiger partial charge in [-0.2, -0.15) is 14.6 Å². The molecule has 1 saturated heterocycles. The van der Waals surface area contributed by atoms with Crippen LogP contribution < -0.4 is 15.2 Å². The second-order valence-electron chi connectivity index (χ2n) is 8.85. The number of rotatable bonds is 8. The molecule has 0 amide bonds. The van der Waals surface area contributed by atoms with Gasteiger partial charge in [0.05, 0.1) is 17.3 Å². The van der Waals surface area contributed by atoms with E-state index in [9.17, 15) is 9.65 Å². The summed E-state index contributed by atoms with van der Waals surface area (Å²) in [6.07, 6.45) is 8.58. The van der Waals surface area contributed by atoms with Crippen molar-refractivity contribution < 1.29 is 4.39 Å². The van der Waals surface area contributed by atoms with Gasteiger partial charge in [-0.3, -0.25) is 0 Å². The maximum atomic E-state index is 13.6. The molecule has 0 atom stereocenters. The molecule has 0 radical (unpaired) electrons. The van der Waals surface area contributed by atoms with E-state index in [-0.39, 0.29) is 5.56 Å². The normalized spacial score (nSPS) is 14.4. The number of benzene rings is 1. The molecule has 3 heterocycles. The number of aromatic nitrogens is 4. The zero-order chi connectivity index (χ0) is 24.9. The summed E-state index contributed by atoms with van der Waals surface area (Å²) in [5.41, 5.74) is 1.69. The first-order chi connectivity index (χ1) is 16.9. The molecule has 1 fully saturated rings. The molecule has 3 aromatic rings. The Labute approximate surface area is 209 Å². The molecule has 2 aromatic heterocycles. The number of imidazole rings is 1. The SMILES string of the molecule is CCc1nc(C=CCC2CCNCC2)n(N(C)C)c1N(C)c1nc(-c2ccc(F)cc2C#N)ns1. The van der Waals surface area contributed by atoms with Crippen molar-refractivity contribution in [1.82, 2.24) is 24.3 Å². The maximum Gasteiger partial charge on any atom is 0.210 e. The van der Waals surface area contributed by atoms with E-state index in [1.807, 2.05) is 37.1 Å². The predicted octanol–water partition coefficient (Wildman–Crippen LogP) is 4.34. The fourth-order valence-corrected chi connectivity index (χ4v) is 5.02. The smallest absolute Gasteiger partial charge is 0.210 e. The molecular formula is C25H31FN8S. The summed E-state index contributed by atoms with van der Waals surface area (Å²) in [5, 5.41) is 15.5. The van der Waals surface area contributed by atoms with Gasteiger partial charge in [-0.25, -0.2) is 14.1 Å². The van der Waals surface area contributed by atoms with Crippen molar-refractivity contribution in [3.63, 3.8) is 0 Å². The molecule has 1 N–H and O–H groups in total. The molecule has 4 rings (SSSR count). The zero-order valence-corrected chi connectivity index (χ0v) is 21.4. The number of hydrogen-bond acceptors (Lipinski definition) is 8. The van der Waals surface area contributed by atoms with Crippen molar-refractivity contribution in [2.24, 2.45) is 5.92 Å². The summed E-state index contributed by atoms with van der Waals surface area (Å²) in [7, 11) is 5.93. The molecule has 1 aromatic carbocycles. The third-order valence-corrected chi connectivity index (χ3v) is 7.01. The monoisotopic (exact) mass is 494 g/mol. The lowest BCUT2D eigenvalue weighted by molar-refractivity contribution is 0.378. The van der Waals surface area contributed by atoms with E-state index in [0.717, 1.165) is 43.3 Å². The van der Waals surface area contributed by atoms with Gasteiger partial charge in [0.1, 0.15) is 5.82 Å². The number of halogens is 1. The number of piperidine rings is 1. The standard InChI is InChI=1S/C25H31FN8S/c1-5-21-24(34(32(2)3)22(29-21)8-6-7-17-11-13-28-14-12-17)33(4)25-30-23(31-35-25)20-10-9-19(26)15-18(20)16-27/h6,8-10,15,17,28H,5,7,11-14H2,1-4H3. The lowest BCUT2D eigenvalue weighted by Gasteiger charge is -2.24. The van der Waals surface area contributed by atoms with E-state index >= 15 is 0 Å². The average Bonchev–Trinajstić information content (AvgIpc) is 3.49. The fraction of sp³-hybridized carbons (Fsp3) is 0.440. The Bertz CT molecular complexity index is 1230. The van der Waals surface area contributed by atoms with Gasteiger partial charge in [-0.15, -0.1) is 0 Å². The number of nitrogens with one attached hydrogen (secondary N) is 1. The van der Waals surface area contributed by atoms with Crippen LogP contribution in [-0.2, 0) is 6.42 Å². The summed E-state index contributed by atoms with van der Waals surface area (Å²) in [6.45, 7) is 4.28. The molecule has 35 heavy (non-hydrogen) atoms. The second kappa shape index (κ2) is 11.0. The van der Waals surface area contributed by atoms with Crippen molar-refractivity contribution in [1.29, 1.82) is 5.26 Å². The third kappa shape index (κ3) is 5.36. The first kappa shape index (κ1) is 24.8. The van der Waals surface area contributed by atoms with Gasteiger partial charge >= 0.3 is 0 Å². The number of anilines is 2. The summed E-state index contributed by atoms with van der Waals surface area (Å²) in [4.78, 5) is 11.6. The second-order valence-corrected chi connectivity index (χ2v) is 9.58. The van der Waals surface area contributed by atoms with Gasteiger partial charge in [0.25, 0.3) is 0 Å². The minimum atomic E-state index is -0.457. The molecule has 1 aliphatic heterocycles. The van der Waals surface area contributed by atoms with Crippen LogP contribution in [0.15, 0.2) is 24.3 Å². The lowest BCUT2D eigenvalue weighted by Crippen LogP contribution is -2.30. The van der Waals surface area contributed by atoms with E-state index in [1.165, 1.54) is 36.5 Å². The largest absolute Gasteiger partial charge is 0.317 e. The minimum Gasteiger partial charge on any atom is -0.317 e. The topological polar surface area (TPSA) is 85.9 Å². The van der Waals surface area contributed by atoms with Gasteiger partial charge < -0.3 is 15.2 Å². The number of aryl methyl sites for hydroxylation is 1. The Morgan fingerprint density at radius 2 is 2.03 bits per heavy atom. The van der Waals surface area contributed by atoms with Crippen LogP contribution in [0.3, 0.4) is 0 Å². The van der Waals surface area contributed by atoms with Crippen LogP contribution in [-0.4, -0.2) is 53.3 Å². The summed E-state index contributed by atoms with van der Waals surface area (Å²) < 4.78 is 20.1. The third-order valence-electron chi connectivity index (χ3n) is 6.22. The van der Waals surface area contributed by atoms with Gasteiger partial charge in [0.15, 0.2) is 17.5 Å². The average molecular weight is 495 g/mol. The van der Waals surface area contributed by atoms with Gasteiger partial charge in [0.2, 0.25) is 5.13 Å². The van der Waals surface area contributed by atoms with Crippen LogP contribution >= 0.6 is 11.5 Å². The molecule has 0 saturated carbocycles. The first-order valence-corrected chi connectivity index (χ1v) is 12.6. The molecule has 8 nitrogen and oxygen atoms in total. The Morgan fingerprint density at radius 3 is 2.71 bits per heavy atom. The Hall–Kier alpha value is -3.29. The highest BCUT2D eigenvalue weighted by atomic mass is 32.1. The quantitative estimate of drug-likeness (QED) is 0.498. The van der Waals surface area contributed by atoms with Crippen molar-refractivity contribution in [3.05, 3.63) is 47.2 Å². The van der Waals surface area contributed by atoms with Crippen LogP contribution in [0.4, 0.5) is 15.3 Å².